The highest BCUT2D eigenvalue weighted by Gasteiger charge is 2.41. The standard InChI is InChI=1S/C9H18F3NO2S/c1-7(2)3-4-16(14,15)6-8(5-13)9(10,11)12/h7-8H,3-6,13H2,1-2H3. The summed E-state index contributed by atoms with van der Waals surface area (Å²) in [5.74, 6) is -2.92. The normalized spacial score (nSPS) is 15.4. The first-order valence-electron chi connectivity index (χ1n) is 5.05. The van der Waals surface area contributed by atoms with Crippen LogP contribution in [0.4, 0.5) is 13.2 Å². The van der Waals surface area contributed by atoms with Crippen LogP contribution in [0.2, 0.25) is 0 Å². The van der Waals surface area contributed by atoms with Crippen molar-refractivity contribution in [2.75, 3.05) is 18.1 Å². The first-order chi connectivity index (χ1) is 7.08. The molecule has 0 rings (SSSR count). The van der Waals surface area contributed by atoms with E-state index in [0.29, 0.717) is 6.42 Å². The topological polar surface area (TPSA) is 60.2 Å². The number of hydrogen-bond acceptors (Lipinski definition) is 3. The van der Waals surface area contributed by atoms with Crippen molar-refractivity contribution >= 4 is 9.84 Å². The lowest BCUT2D eigenvalue weighted by Gasteiger charge is -2.18. The van der Waals surface area contributed by atoms with Gasteiger partial charge in [0.15, 0.2) is 9.84 Å². The summed E-state index contributed by atoms with van der Waals surface area (Å²) in [5, 5.41) is 0. The number of hydrogen-bond donors (Lipinski definition) is 1. The van der Waals surface area contributed by atoms with Crippen molar-refractivity contribution in [2.45, 2.75) is 26.4 Å². The molecule has 0 bridgehead atoms. The third kappa shape index (κ3) is 6.32. The lowest BCUT2D eigenvalue weighted by molar-refractivity contribution is -0.165. The van der Waals surface area contributed by atoms with Gasteiger partial charge in [0.1, 0.15) is 0 Å². The van der Waals surface area contributed by atoms with Gasteiger partial charge < -0.3 is 5.73 Å². The van der Waals surface area contributed by atoms with Gasteiger partial charge in [-0.25, -0.2) is 8.42 Å². The quantitative estimate of drug-likeness (QED) is 0.789. The molecule has 0 aliphatic heterocycles. The molecular formula is C9H18F3NO2S. The van der Waals surface area contributed by atoms with Crippen LogP contribution >= 0.6 is 0 Å². The van der Waals surface area contributed by atoms with Crippen LogP contribution < -0.4 is 5.73 Å². The second kappa shape index (κ2) is 5.86. The number of alkyl halides is 3. The zero-order valence-corrected chi connectivity index (χ0v) is 10.2. The van der Waals surface area contributed by atoms with E-state index in [1.807, 2.05) is 13.8 Å². The molecule has 7 heteroatoms. The van der Waals surface area contributed by atoms with Gasteiger partial charge in [-0.2, -0.15) is 13.2 Å². The van der Waals surface area contributed by atoms with Gasteiger partial charge in [-0.05, 0) is 12.3 Å². The van der Waals surface area contributed by atoms with Crippen molar-refractivity contribution in [3.8, 4) is 0 Å². The molecule has 0 aromatic heterocycles. The van der Waals surface area contributed by atoms with E-state index < -0.39 is 34.2 Å². The Kier molecular flexibility index (Phi) is 5.75. The zero-order chi connectivity index (χ0) is 13.0. The maximum Gasteiger partial charge on any atom is 0.393 e. The number of sulfone groups is 1. The lowest BCUT2D eigenvalue weighted by Crippen LogP contribution is -2.36. The molecule has 98 valence electrons. The summed E-state index contributed by atoms with van der Waals surface area (Å²) in [5.41, 5.74) is 4.94. The maximum atomic E-state index is 12.3. The van der Waals surface area contributed by atoms with Crippen molar-refractivity contribution < 1.29 is 21.6 Å². The maximum absolute atomic E-state index is 12.3. The predicted molar refractivity (Wildman–Crippen MR) is 56.7 cm³/mol. The van der Waals surface area contributed by atoms with E-state index in [2.05, 4.69) is 0 Å². The highest BCUT2D eigenvalue weighted by Crippen LogP contribution is 2.27. The van der Waals surface area contributed by atoms with Crippen molar-refractivity contribution in [1.82, 2.24) is 0 Å². The van der Waals surface area contributed by atoms with E-state index in [-0.39, 0.29) is 11.7 Å². The first-order valence-corrected chi connectivity index (χ1v) is 6.88. The molecule has 0 saturated carbocycles. The van der Waals surface area contributed by atoms with Gasteiger partial charge in [0.25, 0.3) is 0 Å². The van der Waals surface area contributed by atoms with E-state index in [9.17, 15) is 21.6 Å². The third-order valence-corrected chi connectivity index (χ3v) is 3.98. The molecule has 0 saturated heterocycles. The van der Waals surface area contributed by atoms with Crippen molar-refractivity contribution in [3.05, 3.63) is 0 Å². The Morgan fingerprint density at radius 1 is 1.25 bits per heavy atom. The first kappa shape index (κ1) is 15.7. The van der Waals surface area contributed by atoms with E-state index in [4.69, 9.17) is 5.73 Å². The highest BCUT2D eigenvalue weighted by molar-refractivity contribution is 7.91. The van der Waals surface area contributed by atoms with E-state index in [1.165, 1.54) is 0 Å². The highest BCUT2D eigenvalue weighted by atomic mass is 32.2. The molecule has 0 spiro atoms. The Bertz CT molecular complexity index is 298. The second-order valence-corrected chi connectivity index (χ2v) is 6.50. The van der Waals surface area contributed by atoms with Crippen LogP contribution in [0.5, 0.6) is 0 Å². The molecule has 2 N–H and O–H groups in total. The van der Waals surface area contributed by atoms with Crippen LogP contribution in [-0.2, 0) is 9.84 Å². The van der Waals surface area contributed by atoms with Gasteiger partial charge in [-0.1, -0.05) is 13.8 Å². The summed E-state index contributed by atoms with van der Waals surface area (Å²) >= 11 is 0. The monoisotopic (exact) mass is 261 g/mol. The fourth-order valence-electron chi connectivity index (χ4n) is 1.10. The fraction of sp³-hybridized carbons (Fsp3) is 1.00. The summed E-state index contributed by atoms with van der Waals surface area (Å²) in [7, 11) is -3.67. The summed E-state index contributed by atoms with van der Waals surface area (Å²) < 4.78 is 59.7. The van der Waals surface area contributed by atoms with Crippen LogP contribution in [0.25, 0.3) is 0 Å². The summed E-state index contributed by atoms with van der Waals surface area (Å²) in [6.45, 7) is 2.95. The second-order valence-electron chi connectivity index (χ2n) is 4.27. The molecule has 3 nitrogen and oxygen atoms in total. The minimum absolute atomic E-state index is 0.150. The Morgan fingerprint density at radius 2 is 1.75 bits per heavy atom. The Labute approximate surface area is 94.1 Å². The molecule has 1 atom stereocenters. The smallest absolute Gasteiger partial charge is 0.330 e. The molecule has 0 aromatic rings. The average Bonchev–Trinajstić information content (AvgIpc) is 2.09. The van der Waals surface area contributed by atoms with Crippen LogP contribution in [0.1, 0.15) is 20.3 Å². The SMILES string of the molecule is CC(C)CCS(=O)(=O)CC(CN)C(F)(F)F. The summed E-state index contributed by atoms with van der Waals surface area (Å²) in [6.07, 6.45) is -4.17. The van der Waals surface area contributed by atoms with E-state index in [0.717, 1.165) is 0 Å². The molecule has 0 fully saturated rings. The van der Waals surface area contributed by atoms with Crippen LogP contribution in [0.15, 0.2) is 0 Å². The van der Waals surface area contributed by atoms with E-state index >= 15 is 0 Å². The molecule has 0 radical (unpaired) electrons. The molecule has 1 unspecified atom stereocenters. The van der Waals surface area contributed by atoms with Crippen LogP contribution in [-0.4, -0.2) is 32.6 Å². The molecule has 0 aliphatic rings. The predicted octanol–water partition coefficient (Wildman–Crippen LogP) is 1.58. The molecule has 0 heterocycles. The van der Waals surface area contributed by atoms with Gasteiger partial charge in [-0.15, -0.1) is 0 Å². The fourth-order valence-corrected chi connectivity index (χ4v) is 3.04. The van der Waals surface area contributed by atoms with Gasteiger partial charge in [0.05, 0.1) is 17.4 Å². The molecular weight excluding hydrogens is 243 g/mol. The minimum Gasteiger partial charge on any atom is -0.330 e. The number of halogens is 3. The molecule has 0 aliphatic carbocycles. The van der Waals surface area contributed by atoms with Gasteiger partial charge in [0.2, 0.25) is 0 Å². The molecule has 16 heavy (non-hydrogen) atoms. The molecule has 0 amide bonds. The lowest BCUT2D eigenvalue weighted by atomic mass is 10.2. The van der Waals surface area contributed by atoms with Crippen molar-refractivity contribution in [2.24, 2.45) is 17.6 Å². The molecule has 0 aromatic carbocycles. The van der Waals surface area contributed by atoms with Gasteiger partial charge in [-0.3, -0.25) is 0 Å². The number of rotatable bonds is 6. The Hall–Kier alpha value is -0.300. The zero-order valence-electron chi connectivity index (χ0n) is 9.42. The summed E-state index contributed by atoms with van der Waals surface area (Å²) in [4.78, 5) is 0. The van der Waals surface area contributed by atoms with Gasteiger partial charge >= 0.3 is 6.18 Å². The number of nitrogens with two attached hydrogens (primary N) is 1. The van der Waals surface area contributed by atoms with Crippen molar-refractivity contribution in [1.29, 1.82) is 0 Å². The largest absolute Gasteiger partial charge is 0.393 e. The van der Waals surface area contributed by atoms with E-state index in [1.54, 1.807) is 0 Å². The average molecular weight is 261 g/mol. The minimum atomic E-state index is -4.54. The van der Waals surface area contributed by atoms with Crippen molar-refractivity contribution in [3.63, 3.8) is 0 Å². The third-order valence-electron chi connectivity index (χ3n) is 2.21. The summed E-state index contributed by atoms with van der Waals surface area (Å²) in [6, 6.07) is 0. The van der Waals surface area contributed by atoms with Gasteiger partial charge in [0, 0.05) is 6.54 Å². The Morgan fingerprint density at radius 3 is 2.06 bits per heavy atom. The van der Waals surface area contributed by atoms with Crippen LogP contribution in [0.3, 0.4) is 0 Å². The van der Waals surface area contributed by atoms with Crippen LogP contribution in [0, 0.1) is 11.8 Å². The Balaban J connectivity index is 4.45.